The fourth-order valence-corrected chi connectivity index (χ4v) is 2.94. The highest BCUT2D eigenvalue weighted by atomic mass is 32.2. The summed E-state index contributed by atoms with van der Waals surface area (Å²) in [5, 5.41) is 4.75. The van der Waals surface area contributed by atoms with Gasteiger partial charge in [-0.25, -0.2) is 17.6 Å². The molecule has 0 rings (SSSR count). The fourth-order valence-electron chi connectivity index (χ4n) is 1.37. The van der Waals surface area contributed by atoms with Crippen molar-refractivity contribution in [2.24, 2.45) is 0 Å². The van der Waals surface area contributed by atoms with Crippen LogP contribution in [0, 0.1) is 0 Å². The van der Waals surface area contributed by atoms with Gasteiger partial charge in [0.1, 0.15) is 0 Å². The first kappa shape index (κ1) is 20.0. The molecule has 1 unspecified atom stereocenters. The highest BCUT2D eigenvalue weighted by Gasteiger charge is 2.59. The molecule has 1 atom stereocenters. The van der Waals surface area contributed by atoms with Crippen molar-refractivity contribution in [3.63, 3.8) is 0 Å². The molecule has 0 amide bonds. The summed E-state index contributed by atoms with van der Waals surface area (Å²) in [4.78, 5) is 10.7. The van der Waals surface area contributed by atoms with Crippen molar-refractivity contribution >= 4 is 15.8 Å². The van der Waals surface area contributed by atoms with Gasteiger partial charge >= 0.3 is 23.1 Å². The molecule has 0 aliphatic heterocycles. The molecule has 4 nitrogen and oxygen atoms in total. The predicted molar refractivity (Wildman–Crippen MR) is 60.4 cm³/mol. The van der Waals surface area contributed by atoms with Crippen LogP contribution in [0.25, 0.3) is 0 Å². The summed E-state index contributed by atoms with van der Waals surface area (Å²) < 4.78 is 98.1. The van der Waals surface area contributed by atoms with Crippen molar-refractivity contribution in [1.29, 1.82) is 0 Å². The molecule has 126 valence electrons. The Labute approximate surface area is 117 Å². The van der Waals surface area contributed by atoms with Gasteiger partial charge in [0.2, 0.25) is 0 Å². The van der Waals surface area contributed by atoms with E-state index in [0.717, 1.165) is 0 Å². The van der Waals surface area contributed by atoms with Crippen LogP contribution in [-0.4, -0.2) is 42.3 Å². The van der Waals surface area contributed by atoms with Crippen molar-refractivity contribution in [2.45, 2.75) is 49.7 Å². The number of hydrogen-bond acceptors (Lipinski definition) is 3. The Bertz CT molecular complexity index is 472. The molecule has 21 heavy (non-hydrogen) atoms. The molecular formula is C10H14F6O4S. The minimum absolute atomic E-state index is 0.183. The van der Waals surface area contributed by atoms with Gasteiger partial charge in [-0.3, -0.25) is 0 Å². The van der Waals surface area contributed by atoms with Crippen molar-refractivity contribution in [3.05, 3.63) is 0 Å². The summed E-state index contributed by atoms with van der Waals surface area (Å²) in [7, 11) is -5.33. The fraction of sp³-hybridized carbons (Fsp3) is 0.900. The number of rotatable bonds is 8. The zero-order valence-corrected chi connectivity index (χ0v) is 11.7. The number of carboxylic acid groups (broad SMARTS) is 1. The van der Waals surface area contributed by atoms with E-state index < -0.39 is 51.5 Å². The van der Waals surface area contributed by atoms with Gasteiger partial charge < -0.3 is 5.11 Å². The van der Waals surface area contributed by atoms with Gasteiger partial charge in [-0.2, -0.15) is 22.0 Å². The van der Waals surface area contributed by atoms with E-state index in [1.807, 2.05) is 0 Å². The lowest BCUT2D eigenvalue weighted by atomic mass is 10.2. The third-order valence-corrected chi connectivity index (χ3v) is 4.87. The Morgan fingerprint density at radius 3 is 1.86 bits per heavy atom. The second-order valence-electron chi connectivity index (χ2n) is 4.41. The van der Waals surface area contributed by atoms with Crippen LogP contribution in [-0.2, 0) is 14.6 Å². The summed E-state index contributed by atoms with van der Waals surface area (Å²) in [5.74, 6) is -9.69. The second-order valence-corrected chi connectivity index (χ2v) is 6.69. The third kappa shape index (κ3) is 4.48. The highest BCUT2D eigenvalue weighted by Crippen LogP contribution is 2.39. The van der Waals surface area contributed by atoms with E-state index in [0.29, 0.717) is 0 Å². The molecule has 0 saturated carbocycles. The molecule has 0 aliphatic carbocycles. The van der Waals surface area contributed by atoms with Gasteiger partial charge in [0.15, 0.2) is 9.84 Å². The summed E-state index contributed by atoms with van der Waals surface area (Å²) in [5.41, 5.74) is 0. The summed E-state index contributed by atoms with van der Waals surface area (Å²) in [6, 6.07) is 0. The summed E-state index contributed by atoms with van der Waals surface area (Å²) >= 11 is 0. The van der Waals surface area contributed by atoms with Gasteiger partial charge in [-0.05, 0) is 6.42 Å². The van der Waals surface area contributed by atoms with Crippen LogP contribution < -0.4 is 0 Å². The summed E-state index contributed by atoms with van der Waals surface area (Å²) in [6.07, 6.45) is -9.21. The monoisotopic (exact) mass is 344 g/mol. The SMILES string of the molecule is CCCCC(F)(C(=O)O)S(=O)(=O)CCC(F)(F)C(F)(F)F. The molecule has 0 bridgehead atoms. The van der Waals surface area contributed by atoms with Crippen LogP contribution in [0.15, 0.2) is 0 Å². The zero-order valence-electron chi connectivity index (χ0n) is 10.9. The largest absolute Gasteiger partial charge is 0.478 e. The van der Waals surface area contributed by atoms with E-state index in [-0.39, 0.29) is 12.8 Å². The Kier molecular flexibility index (Phi) is 6.10. The molecule has 0 aromatic carbocycles. The van der Waals surface area contributed by atoms with Crippen LogP contribution in [0.1, 0.15) is 32.6 Å². The smallest absolute Gasteiger partial charge is 0.453 e. The Balaban J connectivity index is 5.24. The number of hydrogen-bond donors (Lipinski definition) is 1. The van der Waals surface area contributed by atoms with E-state index in [9.17, 15) is 39.6 Å². The Morgan fingerprint density at radius 1 is 1.05 bits per heavy atom. The average molecular weight is 344 g/mol. The van der Waals surface area contributed by atoms with Crippen LogP contribution >= 0.6 is 0 Å². The van der Waals surface area contributed by atoms with Gasteiger partial charge in [0.05, 0.1) is 5.75 Å². The van der Waals surface area contributed by atoms with Crippen molar-refractivity contribution in [3.8, 4) is 0 Å². The average Bonchev–Trinajstić information content (AvgIpc) is 2.31. The van der Waals surface area contributed by atoms with Crippen LogP contribution in [0.3, 0.4) is 0 Å². The normalized spacial score (nSPS) is 16.5. The van der Waals surface area contributed by atoms with E-state index in [1.165, 1.54) is 6.92 Å². The van der Waals surface area contributed by atoms with Gasteiger partial charge in [0, 0.05) is 12.8 Å². The predicted octanol–water partition coefficient (Wildman–Crippen LogP) is 2.93. The molecule has 0 heterocycles. The maximum atomic E-state index is 14.0. The number of unbranched alkanes of at least 4 members (excludes halogenated alkanes) is 1. The van der Waals surface area contributed by atoms with E-state index in [1.54, 1.807) is 0 Å². The number of aliphatic carboxylic acids is 1. The minimum atomic E-state index is -5.99. The zero-order chi connectivity index (χ0) is 17.1. The maximum absolute atomic E-state index is 14.0. The Hall–Kier alpha value is -1.00. The molecule has 11 heteroatoms. The minimum Gasteiger partial charge on any atom is -0.478 e. The Morgan fingerprint density at radius 2 is 1.52 bits per heavy atom. The van der Waals surface area contributed by atoms with Crippen molar-refractivity contribution < 1.29 is 44.7 Å². The maximum Gasteiger partial charge on any atom is 0.453 e. The second kappa shape index (κ2) is 6.41. The number of carboxylic acids is 1. The lowest BCUT2D eigenvalue weighted by Crippen LogP contribution is -2.46. The van der Waals surface area contributed by atoms with Gasteiger partial charge in [0.25, 0.3) is 0 Å². The molecule has 0 aliphatic rings. The lowest BCUT2D eigenvalue weighted by Gasteiger charge is -2.23. The molecular weight excluding hydrogens is 330 g/mol. The number of sulfone groups is 1. The van der Waals surface area contributed by atoms with Gasteiger partial charge in [-0.1, -0.05) is 13.3 Å². The van der Waals surface area contributed by atoms with Crippen LogP contribution in [0.4, 0.5) is 26.3 Å². The first-order chi connectivity index (χ1) is 9.21. The molecule has 0 spiro atoms. The lowest BCUT2D eigenvalue weighted by molar-refractivity contribution is -0.282. The molecule has 0 saturated heterocycles. The molecule has 0 radical (unpaired) electrons. The quantitative estimate of drug-likeness (QED) is 0.687. The number of carbonyl (C=O) groups is 1. The van der Waals surface area contributed by atoms with Crippen molar-refractivity contribution in [2.75, 3.05) is 5.75 Å². The standard InChI is InChI=1S/C10H14F6O4S/c1-2-3-4-8(11,7(17)18)21(19,20)6-5-9(12,13)10(14,15)16/h2-6H2,1H3,(H,17,18). The van der Waals surface area contributed by atoms with E-state index >= 15 is 0 Å². The van der Waals surface area contributed by atoms with Crippen LogP contribution in [0.5, 0.6) is 0 Å². The van der Waals surface area contributed by atoms with Gasteiger partial charge in [-0.15, -0.1) is 0 Å². The molecule has 0 aromatic heterocycles. The first-order valence-electron chi connectivity index (χ1n) is 5.80. The van der Waals surface area contributed by atoms with E-state index in [4.69, 9.17) is 5.11 Å². The summed E-state index contributed by atoms with van der Waals surface area (Å²) in [6.45, 7) is 1.49. The van der Waals surface area contributed by atoms with E-state index in [2.05, 4.69) is 0 Å². The van der Waals surface area contributed by atoms with Crippen molar-refractivity contribution in [1.82, 2.24) is 0 Å². The topological polar surface area (TPSA) is 71.4 Å². The number of alkyl halides is 6. The first-order valence-corrected chi connectivity index (χ1v) is 7.45. The molecule has 1 N–H and O–H groups in total. The highest BCUT2D eigenvalue weighted by molar-refractivity contribution is 7.93. The van der Waals surface area contributed by atoms with Crippen LogP contribution in [0.2, 0.25) is 0 Å². The number of halogens is 6. The molecule has 0 aromatic rings. The molecule has 0 fully saturated rings. The third-order valence-electron chi connectivity index (χ3n) is 2.76.